The Morgan fingerprint density at radius 2 is 2.00 bits per heavy atom. The molecule has 0 heterocycles. The van der Waals surface area contributed by atoms with E-state index in [-0.39, 0.29) is 5.91 Å². The van der Waals surface area contributed by atoms with Crippen molar-refractivity contribution in [2.75, 3.05) is 11.9 Å². The van der Waals surface area contributed by atoms with Crippen molar-refractivity contribution in [3.63, 3.8) is 0 Å². The zero-order chi connectivity index (χ0) is 12.7. The van der Waals surface area contributed by atoms with Crippen molar-refractivity contribution in [3.05, 3.63) is 29.8 Å². The summed E-state index contributed by atoms with van der Waals surface area (Å²) < 4.78 is 0. The second-order valence-electron chi connectivity index (χ2n) is 4.23. The number of anilines is 1. The largest absolute Gasteiger partial charge is 0.326 e. The normalized spacial score (nSPS) is 9.65. The number of hydrogen-bond acceptors (Lipinski definition) is 2. The quantitative estimate of drug-likeness (QED) is 0.780. The molecule has 0 bridgehead atoms. The Balaban J connectivity index is 2.59. The van der Waals surface area contributed by atoms with E-state index in [2.05, 4.69) is 17.2 Å². The smallest absolute Gasteiger partial charge is 0.224 e. The van der Waals surface area contributed by atoms with E-state index in [0.29, 0.717) is 18.9 Å². The first kappa shape index (κ1) is 13.3. The van der Waals surface area contributed by atoms with Crippen LogP contribution in [0.5, 0.6) is 0 Å². The first-order valence-electron chi connectivity index (χ1n) is 5.70. The maximum Gasteiger partial charge on any atom is 0.224 e. The van der Waals surface area contributed by atoms with Crippen molar-refractivity contribution in [2.45, 2.75) is 20.3 Å². The summed E-state index contributed by atoms with van der Waals surface area (Å²) in [6, 6.07) is 7.43. The Bertz CT molecular complexity index is 424. The molecule has 0 saturated heterocycles. The van der Waals surface area contributed by atoms with Crippen LogP contribution in [0.25, 0.3) is 0 Å². The second-order valence-corrected chi connectivity index (χ2v) is 4.23. The molecular formula is C14H18N2O. The third-order valence-corrected chi connectivity index (χ3v) is 2.10. The first-order valence-corrected chi connectivity index (χ1v) is 5.70. The molecule has 1 rings (SSSR count). The summed E-state index contributed by atoms with van der Waals surface area (Å²) in [5, 5.41) is 2.84. The van der Waals surface area contributed by atoms with Gasteiger partial charge in [0.1, 0.15) is 0 Å². The molecule has 0 unspecified atom stereocenters. The van der Waals surface area contributed by atoms with Gasteiger partial charge in [0.05, 0.1) is 6.54 Å². The van der Waals surface area contributed by atoms with Crippen LogP contribution in [0.4, 0.5) is 5.69 Å². The Kier molecular flexibility index (Phi) is 5.25. The van der Waals surface area contributed by atoms with Crippen molar-refractivity contribution < 1.29 is 4.79 Å². The lowest BCUT2D eigenvalue weighted by atomic mass is 10.1. The van der Waals surface area contributed by atoms with Crippen LogP contribution in [-0.2, 0) is 4.79 Å². The molecule has 3 heteroatoms. The van der Waals surface area contributed by atoms with E-state index in [9.17, 15) is 4.79 Å². The van der Waals surface area contributed by atoms with Crippen molar-refractivity contribution >= 4 is 11.6 Å². The van der Waals surface area contributed by atoms with Crippen LogP contribution in [0.2, 0.25) is 0 Å². The highest BCUT2D eigenvalue weighted by atomic mass is 16.1. The Hall–Kier alpha value is -1.79. The molecule has 90 valence electrons. The minimum absolute atomic E-state index is 0.0424. The molecule has 0 radical (unpaired) electrons. The molecule has 3 N–H and O–H groups in total. The van der Waals surface area contributed by atoms with Gasteiger partial charge in [-0.25, -0.2) is 0 Å². The minimum Gasteiger partial charge on any atom is -0.326 e. The molecule has 3 nitrogen and oxygen atoms in total. The predicted octanol–water partition coefficient (Wildman–Crippen LogP) is 1.98. The van der Waals surface area contributed by atoms with Crippen LogP contribution in [0.15, 0.2) is 24.3 Å². The van der Waals surface area contributed by atoms with Crippen LogP contribution < -0.4 is 11.1 Å². The maximum atomic E-state index is 11.5. The second kappa shape index (κ2) is 6.72. The lowest BCUT2D eigenvalue weighted by Gasteiger charge is -2.06. The number of benzene rings is 1. The molecule has 1 amide bonds. The van der Waals surface area contributed by atoms with Gasteiger partial charge in [-0.1, -0.05) is 25.7 Å². The summed E-state index contributed by atoms with van der Waals surface area (Å²) >= 11 is 0. The van der Waals surface area contributed by atoms with Crippen molar-refractivity contribution in [3.8, 4) is 11.8 Å². The van der Waals surface area contributed by atoms with Crippen LogP contribution in [-0.4, -0.2) is 12.5 Å². The van der Waals surface area contributed by atoms with E-state index in [1.165, 1.54) is 0 Å². The third-order valence-electron chi connectivity index (χ3n) is 2.10. The van der Waals surface area contributed by atoms with E-state index >= 15 is 0 Å². The minimum atomic E-state index is 0.0424. The third kappa shape index (κ3) is 5.19. The SMILES string of the molecule is CC(C)CC(=O)Nc1ccc(C#CCN)cc1. The highest BCUT2D eigenvalue weighted by Crippen LogP contribution is 2.10. The van der Waals surface area contributed by atoms with E-state index in [0.717, 1.165) is 11.3 Å². The summed E-state index contributed by atoms with van der Waals surface area (Å²) in [5.74, 6) is 6.12. The van der Waals surface area contributed by atoms with E-state index < -0.39 is 0 Å². The fraction of sp³-hybridized carbons (Fsp3) is 0.357. The molecule has 0 fully saturated rings. The Labute approximate surface area is 102 Å². The number of carbonyl (C=O) groups excluding carboxylic acids is 1. The van der Waals surface area contributed by atoms with E-state index in [1.54, 1.807) is 0 Å². The number of hydrogen-bond donors (Lipinski definition) is 2. The van der Waals surface area contributed by atoms with Crippen LogP contribution in [0.3, 0.4) is 0 Å². The molecule has 17 heavy (non-hydrogen) atoms. The molecule has 0 aliphatic rings. The molecule has 1 aromatic rings. The lowest BCUT2D eigenvalue weighted by Crippen LogP contribution is -2.13. The molecule has 0 saturated carbocycles. The van der Waals surface area contributed by atoms with E-state index in [4.69, 9.17) is 5.73 Å². The Morgan fingerprint density at radius 1 is 1.35 bits per heavy atom. The maximum absolute atomic E-state index is 11.5. The average Bonchev–Trinajstić information content (AvgIpc) is 2.27. The molecular weight excluding hydrogens is 212 g/mol. The van der Waals surface area contributed by atoms with Crippen LogP contribution in [0.1, 0.15) is 25.8 Å². The first-order chi connectivity index (χ1) is 8.11. The summed E-state index contributed by atoms with van der Waals surface area (Å²) in [6.45, 7) is 4.39. The molecule has 0 atom stereocenters. The number of carbonyl (C=O) groups is 1. The predicted molar refractivity (Wildman–Crippen MR) is 70.5 cm³/mol. The zero-order valence-electron chi connectivity index (χ0n) is 10.3. The fourth-order valence-corrected chi connectivity index (χ4v) is 1.37. The standard InChI is InChI=1S/C14H18N2O/c1-11(2)10-14(17)16-13-7-5-12(6-8-13)4-3-9-15/h5-8,11H,9-10,15H2,1-2H3,(H,16,17). The molecule has 0 spiro atoms. The fourth-order valence-electron chi connectivity index (χ4n) is 1.37. The van der Waals surface area contributed by atoms with Crippen molar-refractivity contribution in [2.24, 2.45) is 11.7 Å². The van der Waals surface area contributed by atoms with Gasteiger partial charge in [0.25, 0.3) is 0 Å². The number of nitrogens with one attached hydrogen (secondary N) is 1. The lowest BCUT2D eigenvalue weighted by molar-refractivity contribution is -0.116. The van der Waals surface area contributed by atoms with Crippen molar-refractivity contribution in [1.82, 2.24) is 0 Å². The molecule has 0 aromatic heterocycles. The van der Waals surface area contributed by atoms with Crippen LogP contribution in [0, 0.1) is 17.8 Å². The van der Waals surface area contributed by atoms with Gasteiger partial charge in [-0.05, 0) is 30.2 Å². The molecule has 0 aliphatic heterocycles. The van der Waals surface area contributed by atoms with E-state index in [1.807, 2.05) is 38.1 Å². The van der Waals surface area contributed by atoms with Gasteiger partial charge in [-0.2, -0.15) is 0 Å². The molecule has 1 aromatic carbocycles. The van der Waals surface area contributed by atoms with Gasteiger partial charge in [-0.15, -0.1) is 0 Å². The summed E-state index contributed by atoms with van der Waals surface area (Å²) in [5.41, 5.74) is 6.99. The summed E-state index contributed by atoms with van der Waals surface area (Å²) in [4.78, 5) is 11.5. The number of amides is 1. The van der Waals surface area contributed by atoms with Crippen molar-refractivity contribution in [1.29, 1.82) is 0 Å². The monoisotopic (exact) mass is 230 g/mol. The van der Waals surface area contributed by atoms with Gasteiger partial charge >= 0.3 is 0 Å². The summed E-state index contributed by atoms with van der Waals surface area (Å²) in [7, 11) is 0. The summed E-state index contributed by atoms with van der Waals surface area (Å²) in [6.07, 6.45) is 0.536. The topological polar surface area (TPSA) is 55.1 Å². The number of nitrogens with two attached hydrogens (primary N) is 1. The molecule has 0 aliphatic carbocycles. The van der Waals surface area contributed by atoms with Gasteiger partial charge in [-0.3, -0.25) is 4.79 Å². The number of rotatable bonds is 3. The highest BCUT2D eigenvalue weighted by Gasteiger charge is 2.04. The van der Waals surface area contributed by atoms with Crippen LogP contribution >= 0.6 is 0 Å². The highest BCUT2D eigenvalue weighted by molar-refractivity contribution is 5.90. The van der Waals surface area contributed by atoms with Gasteiger partial charge in [0, 0.05) is 17.7 Å². The van der Waals surface area contributed by atoms with Gasteiger partial charge in [0.2, 0.25) is 5.91 Å². The average molecular weight is 230 g/mol. The van der Waals surface area contributed by atoms with Gasteiger partial charge < -0.3 is 11.1 Å². The Morgan fingerprint density at radius 3 is 2.53 bits per heavy atom. The van der Waals surface area contributed by atoms with Gasteiger partial charge in [0.15, 0.2) is 0 Å². The zero-order valence-corrected chi connectivity index (χ0v) is 10.3.